The fraction of sp³-hybridized carbons (Fsp3) is 0.600. The molecule has 0 saturated carbocycles. The predicted molar refractivity (Wildman–Crippen MR) is 70.7 cm³/mol. The van der Waals surface area contributed by atoms with E-state index in [2.05, 4.69) is 4.90 Å². The van der Waals surface area contributed by atoms with E-state index in [1.807, 2.05) is 24.3 Å². The van der Waals surface area contributed by atoms with E-state index in [-0.39, 0.29) is 0 Å². The van der Waals surface area contributed by atoms with Gasteiger partial charge in [-0.3, -0.25) is 0 Å². The van der Waals surface area contributed by atoms with Gasteiger partial charge in [-0.05, 0) is 49.9 Å². The molecule has 0 bridgehead atoms. The third kappa shape index (κ3) is 2.02. The third-order valence-corrected chi connectivity index (χ3v) is 4.51. The molecule has 3 rings (SSSR count). The number of hydrogen-bond donors (Lipinski definition) is 1. The molecule has 2 fully saturated rings. The predicted octanol–water partition coefficient (Wildman–Crippen LogP) is 2.14. The molecular formula is C15H21NO2. The highest BCUT2D eigenvalue weighted by molar-refractivity contribution is 5.31. The highest BCUT2D eigenvalue weighted by Crippen LogP contribution is 2.39. The zero-order chi connectivity index (χ0) is 12.6. The summed E-state index contributed by atoms with van der Waals surface area (Å²) in [5.74, 6) is 0.848. The molecule has 18 heavy (non-hydrogen) atoms. The zero-order valence-electron chi connectivity index (χ0n) is 10.9. The number of piperidine rings is 1. The van der Waals surface area contributed by atoms with Crippen LogP contribution in [-0.4, -0.2) is 36.2 Å². The zero-order valence-corrected chi connectivity index (χ0v) is 10.9. The molecule has 2 aliphatic heterocycles. The van der Waals surface area contributed by atoms with Crippen LogP contribution in [-0.2, 0) is 5.60 Å². The second kappa shape index (κ2) is 4.56. The highest BCUT2D eigenvalue weighted by atomic mass is 16.5. The van der Waals surface area contributed by atoms with Crippen molar-refractivity contribution in [3.8, 4) is 5.75 Å². The summed E-state index contributed by atoms with van der Waals surface area (Å²) < 4.78 is 5.17. The van der Waals surface area contributed by atoms with E-state index in [0.717, 1.165) is 30.7 Å². The largest absolute Gasteiger partial charge is 0.497 e. The molecule has 1 aromatic carbocycles. The minimum Gasteiger partial charge on any atom is -0.497 e. The van der Waals surface area contributed by atoms with Crippen molar-refractivity contribution in [3.63, 3.8) is 0 Å². The number of benzene rings is 1. The summed E-state index contributed by atoms with van der Waals surface area (Å²) in [5, 5.41) is 10.9. The highest BCUT2D eigenvalue weighted by Gasteiger charge is 2.41. The average molecular weight is 247 g/mol. The topological polar surface area (TPSA) is 32.7 Å². The lowest BCUT2D eigenvalue weighted by atomic mass is 9.81. The van der Waals surface area contributed by atoms with Gasteiger partial charge in [-0.25, -0.2) is 0 Å². The summed E-state index contributed by atoms with van der Waals surface area (Å²) in [4.78, 5) is 2.53. The van der Waals surface area contributed by atoms with Crippen LogP contribution in [0.3, 0.4) is 0 Å². The van der Waals surface area contributed by atoms with Gasteiger partial charge >= 0.3 is 0 Å². The smallest absolute Gasteiger partial charge is 0.118 e. The summed E-state index contributed by atoms with van der Waals surface area (Å²) in [6, 6.07) is 8.46. The Kier molecular flexibility index (Phi) is 3.04. The van der Waals surface area contributed by atoms with Gasteiger partial charge in [0, 0.05) is 12.6 Å². The first-order chi connectivity index (χ1) is 8.71. The quantitative estimate of drug-likeness (QED) is 0.869. The van der Waals surface area contributed by atoms with Crippen molar-refractivity contribution in [1.82, 2.24) is 4.90 Å². The molecule has 1 N–H and O–H groups in total. The molecule has 3 nitrogen and oxygen atoms in total. The molecule has 2 atom stereocenters. The molecule has 1 aromatic rings. The number of nitrogens with zero attached hydrogens (tertiary/aromatic N) is 1. The number of rotatable bonds is 2. The normalized spacial score (nSPS) is 32.2. The van der Waals surface area contributed by atoms with Crippen LogP contribution in [0.5, 0.6) is 5.75 Å². The van der Waals surface area contributed by atoms with Gasteiger partial charge in [0.25, 0.3) is 0 Å². The van der Waals surface area contributed by atoms with Gasteiger partial charge in [0.1, 0.15) is 5.75 Å². The van der Waals surface area contributed by atoms with Crippen LogP contribution in [0, 0.1) is 0 Å². The Balaban J connectivity index is 1.80. The summed E-state index contributed by atoms with van der Waals surface area (Å²) in [7, 11) is 1.67. The molecule has 0 aliphatic carbocycles. The van der Waals surface area contributed by atoms with Crippen molar-refractivity contribution in [2.24, 2.45) is 0 Å². The van der Waals surface area contributed by atoms with Crippen LogP contribution in [0.25, 0.3) is 0 Å². The second-order valence-corrected chi connectivity index (χ2v) is 5.55. The van der Waals surface area contributed by atoms with Crippen LogP contribution >= 0.6 is 0 Å². The number of ether oxygens (including phenoxy) is 1. The molecule has 98 valence electrons. The molecule has 0 aromatic heterocycles. The molecule has 2 heterocycles. The van der Waals surface area contributed by atoms with Crippen molar-refractivity contribution < 1.29 is 9.84 Å². The summed E-state index contributed by atoms with van der Waals surface area (Å²) in [5.41, 5.74) is 0.396. The van der Waals surface area contributed by atoms with Gasteiger partial charge in [0.05, 0.1) is 12.7 Å². The lowest BCUT2D eigenvalue weighted by Crippen LogP contribution is -2.45. The van der Waals surface area contributed by atoms with Gasteiger partial charge in [0.2, 0.25) is 0 Å². The van der Waals surface area contributed by atoms with Gasteiger partial charge in [-0.15, -0.1) is 0 Å². The van der Waals surface area contributed by atoms with Crippen LogP contribution in [0.1, 0.15) is 31.2 Å². The number of fused-ring (bicyclic) bond motifs is 1. The molecule has 2 aliphatic rings. The number of methoxy groups -OCH3 is 1. The lowest BCUT2D eigenvalue weighted by Gasteiger charge is -2.41. The number of aliphatic hydroxyl groups is 1. The summed E-state index contributed by atoms with van der Waals surface area (Å²) in [6.07, 6.45) is 4.23. The van der Waals surface area contributed by atoms with Crippen molar-refractivity contribution in [2.45, 2.75) is 37.3 Å². The van der Waals surface area contributed by atoms with Gasteiger partial charge in [-0.2, -0.15) is 0 Å². The SMILES string of the molecule is COc1ccc(C2(O)CCN3CCCC3C2)cc1. The Morgan fingerprint density at radius 2 is 2.06 bits per heavy atom. The van der Waals surface area contributed by atoms with Crippen molar-refractivity contribution in [2.75, 3.05) is 20.2 Å². The first kappa shape index (κ1) is 12.0. The van der Waals surface area contributed by atoms with E-state index in [1.54, 1.807) is 7.11 Å². The molecule has 2 saturated heterocycles. The Morgan fingerprint density at radius 1 is 1.28 bits per heavy atom. The Bertz CT molecular complexity index is 417. The summed E-state index contributed by atoms with van der Waals surface area (Å²) in [6.45, 7) is 2.23. The van der Waals surface area contributed by atoms with Crippen molar-refractivity contribution >= 4 is 0 Å². The third-order valence-electron chi connectivity index (χ3n) is 4.51. The molecule has 2 unspecified atom stereocenters. The van der Waals surface area contributed by atoms with Gasteiger partial charge in [0.15, 0.2) is 0 Å². The molecular weight excluding hydrogens is 226 g/mol. The maximum Gasteiger partial charge on any atom is 0.118 e. The first-order valence-corrected chi connectivity index (χ1v) is 6.82. The van der Waals surface area contributed by atoms with Crippen LogP contribution in [0.2, 0.25) is 0 Å². The summed E-state index contributed by atoms with van der Waals surface area (Å²) >= 11 is 0. The maximum atomic E-state index is 10.9. The Hall–Kier alpha value is -1.06. The van der Waals surface area contributed by atoms with Gasteiger partial charge in [-0.1, -0.05) is 12.1 Å². The molecule has 0 spiro atoms. The average Bonchev–Trinajstić information content (AvgIpc) is 2.86. The van der Waals surface area contributed by atoms with E-state index < -0.39 is 5.60 Å². The fourth-order valence-electron chi connectivity index (χ4n) is 3.40. The molecule has 0 amide bonds. The van der Waals surface area contributed by atoms with Gasteiger partial charge < -0.3 is 14.7 Å². The van der Waals surface area contributed by atoms with E-state index in [4.69, 9.17) is 4.74 Å². The molecule has 0 radical (unpaired) electrons. The van der Waals surface area contributed by atoms with E-state index in [0.29, 0.717) is 6.04 Å². The monoisotopic (exact) mass is 247 g/mol. The van der Waals surface area contributed by atoms with Crippen LogP contribution in [0.15, 0.2) is 24.3 Å². The Morgan fingerprint density at radius 3 is 2.78 bits per heavy atom. The van der Waals surface area contributed by atoms with Crippen LogP contribution in [0.4, 0.5) is 0 Å². The van der Waals surface area contributed by atoms with Crippen LogP contribution < -0.4 is 4.74 Å². The maximum absolute atomic E-state index is 10.9. The fourth-order valence-corrected chi connectivity index (χ4v) is 3.40. The van der Waals surface area contributed by atoms with Crippen molar-refractivity contribution in [3.05, 3.63) is 29.8 Å². The molecule has 3 heteroatoms. The van der Waals surface area contributed by atoms with E-state index >= 15 is 0 Å². The second-order valence-electron chi connectivity index (χ2n) is 5.55. The first-order valence-electron chi connectivity index (χ1n) is 6.82. The Labute approximate surface area is 108 Å². The van der Waals surface area contributed by atoms with E-state index in [9.17, 15) is 5.11 Å². The minimum atomic E-state index is -0.641. The number of hydrogen-bond acceptors (Lipinski definition) is 3. The minimum absolute atomic E-state index is 0.575. The lowest BCUT2D eigenvalue weighted by molar-refractivity contribution is -0.0409. The van der Waals surface area contributed by atoms with E-state index in [1.165, 1.54) is 19.4 Å². The van der Waals surface area contributed by atoms with Crippen molar-refractivity contribution in [1.29, 1.82) is 0 Å². The standard InChI is InChI=1S/C15H21NO2/c1-18-14-6-4-12(5-7-14)15(17)8-10-16-9-2-3-13(16)11-15/h4-7,13,17H,2-3,8-11H2,1H3.